The van der Waals surface area contributed by atoms with Crippen LogP contribution in [0.3, 0.4) is 0 Å². The molecule has 0 unspecified atom stereocenters. The predicted octanol–water partition coefficient (Wildman–Crippen LogP) is 4.62. The van der Waals surface area contributed by atoms with Crippen molar-refractivity contribution in [2.75, 3.05) is 24.2 Å². The molecule has 8 nitrogen and oxygen atoms in total. The molecule has 0 aliphatic rings. The number of methoxy groups -OCH3 is 1. The minimum atomic E-state index is -3.59. The summed E-state index contributed by atoms with van der Waals surface area (Å²) >= 11 is 6.37. The van der Waals surface area contributed by atoms with Crippen LogP contribution >= 0.6 is 11.6 Å². The second-order valence-electron chi connectivity index (χ2n) is 9.00. The van der Waals surface area contributed by atoms with E-state index in [0.29, 0.717) is 22.9 Å². The summed E-state index contributed by atoms with van der Waals surface area (Å²) in [7, 11) is -2.08. The Morgan fingerprint density at radius 3 is 2.38 bits per heavy atom. The topological polar surface area (TPSA) is 96.0 Å². The van der Waals surface area contributed by atoms with Crippen LogP contribution in [-0.4, -0.2) is 57.1 Å². The fourth-order valence-electron chi connectivity index (χ4n) is 3.94. The van der Waals surface area contributed by atoms with E-state index < -0.39 is 16.1 Å². The van der Waals surface area contributed by atoms with Gasteiger partial charge in [-0.3, -0.25) is 13.9 Å². The van der Waals surface area contributed by atoms with Gasteiger partial charge in [-0.05, 0) is 49.9 Å². The summed E-state index contributed by atoms with van der Waals surface area (Å²) in [6.45, 7) is 6.05. The molecule has 2 rings (SSSR count). The van der Waals surface area contributed by atoms with Gasteiger partial charge in [-0.1, -0.05) is 49.7 Å². The van der Waals surface area contributed by atoms with Gasteiger partial charge in [0.05, 0.1) is 19.1 Å². The van der Waals surface area contributed by atoms with Crippen molar-refractivity contribution in [1.29, 1.82) is 0 Å². The molecule has 1 N–H and O–H groups in total. The van der Waals surface area contributed by atoms with Crippen molar-refractivity contribution >= 4 is 39.1 Å². The van der Waals surface area contributed by atoms with Gasteiger partial charge in [-0.2, -0.15) is 0 Å². The van der Waals surface area contributed by atoms with Gasteiger partial charge in [0.1, 0.15) is 11.8 Å². The molecule has 0 heterocycles. The lowest BCUT2D eigenvalue weighted by Gasteiger charge is -2.32. The van der Waals surface area contributed by atoms with Gasteiger partial charge < -0.3 is 15.0 Å². The highest BCUT2D eigenvalue weighted by atomic mass is 35.5. The van der Waals surface area contributed by atoms with E-state index in [1.54, 1.807) is 35.2 Å². The number of hydrogen-bond acceptors (Lipinski definition) is 5. The van der Waals surface area contributed by atoms with Crippen LogP contribution in [0.1, 0.15) is 52.0 Å². The Balaban J connectivity index is 2.24. The van der Waals surface area contributed by atoms with Crippen molar-refractivity contribution < 1.29 is 22.7 Å². The maximum Gasteiger partial charge on any atom is 0.243 e. The van der Waals surface area contributed by atoms with E-state index in [1.165, 1.54) is 11.4 Å². The number of ether oxygens (including phenoxy) is 1. The summed E-state index contributed by atoms with van der Waals surface area (Å²) < 4.78 is 31.5. The molecule has 2 atom stereocenters. The Bertz CT molecular complexity index is 1160. The molecule has 37 heavy (non-hydrogen) atoms. The van der Waals surface area contributed by atoms with Gasteiger partial charge >= 0.3 is 0 Å². The molecular formula is C27H38ClN3O5S. The quantitative estimate of drug-likeness (QED) is 0.370. The number of rotatable bonds is 14. The van der Waals surface area contributed by atoms with E-state index >= 15 is 0 Å². The molecule has 0 aromatic heterocycles. The van der Waals surface area contributed by atoms with Crippen LogP contribution in [0.4, 0.5) is 5.69 Å². The first-order valence-electron chi connectivity index (χ1n) is 12.5. The van der Waals surface area contributed by atoms with Gasteiger partial charge in [0, 0.05) is 36.6 Å². The first-order chi connectivity index (χ1) is 17.5. The number of carbonyl (C=O) groups is 2. The lowest BCUT2D eigenvalue weighted by atomic mass is 10.1. The van der Waals surface area contributed by atoms with Crippen molar-refractivity contribution in [2.45, 2.75) is 65.1 Å². The Hall–Kier alpha value is -2.78. The molecule has 0 saturated heterocycles. The van der Waals surface area contributed by atoms with E-state index in [1.807, 2.05) is 39.0 Å². The Morgan fingerprint density at radius 2 is 1.78 bits per heavy atom. The Morgan fingerprint density at radius 1 is 1.08 bits per heavy atom. The number of nitrogens with zero attached hydrogens (tertiary/aromatic N) is 2. The molecule has 204 valence electrons. The van der Waals surface area contributed by atoms with Crippen LogP contribution in [0.2, 0.25) is 5.02 Å². The summed E-state index contributed by atoms with van der Waals surface area (Å²) in [5.41, 5.74) is 1.20. The van der Waals surface area contributed by atoms with E-state index in [9.17, 15) is 18.0 Å². The number of carbonyl (C=O) groups excluding carboxylic acids is 2. The van der Waals surface area contributed by atoms with Crippen molar-refractivity contribution in [1.82, 2.24) is 10.2 Å². The number of amides is 2. The minimum absolute atomic E-state index is 0.0231. The molecule has 2 amide bonds. The van der Waals surface area contributed by atoms with Crippen LogP contribution in [-0.2, 0) is 26.2 Å². The first kappa shape index (κ1) is 30.4. The monoisotopic (exact) mass is 551 g/mol. The van der Waals surface area contributed by atoms with Crippen LogP contribution in [0.25, 0.3) is 0 Å². The normalized spacial score (nSPS) is 12.9. The zero-order chi connectivity index (χ0) is 27.6. The molecule has 2 aromatic carbocycles. The third-order valence-corrected chi connectivity index (χ3v) is 7.74. The lowest BCUT2D eigenvalue weighted by molar-refractivity contribution is -0.141. The summed E-state index contributed by atoms with van der Waals surface area (Å²) in [6, 6.07) is 13.3. The van der Waals surface area contributed by atoms with E-state index in [-0.39, 0.29) is 43.8 Å². The fraction of sp³-hybridized carbons (Fsp3) is 0.481. The van der Waals surface area contributed by atoms with Crippen LogP contribution in [0.5, 0.6) is 5.75 Å². The zero-order valence-electron chi connectivity index (χ0n) is 22.2. The van der Waals surface area contributed by atoms with Crippen molar-refractivity contribution in [3.8, 4) is 5.75 Å². The van der Waals surface area contributed by atoms with Crippen LogP contribution in [0.15, 0.2) is 48.5 Å². The number of hydrogen-bond donors (Lipinski definition) is 1. The predicted molar refractivity (Wildman–Crippen MR) is 148 cm³/mol. The third-order valence-electron chi connectivity index (χ3n) is 6.18. The summed E-state index contributed by atoms with van der Waals surface area (Å²) in [4.78, 5) is 28.1. The molecule has 10 heteroatoms. The van der Waals surface area contributed by atoms with Gasteiger partial charge in [0.25, 0.3) is 0 Å². The Labute approximate surface area is 226 Å². The molecule has 0 spiro atoms. The number of sulfonamides is 1. The average molecular weight is 552 g/mol. The molecule has 0 aliphatic carbocycles. The van der Waals surface area contributed by atoms with Crippen molar-refractivity contribution in [3.05, 3.63) is 59.1 Å². The van der Waals surface area contributed by atoms with E-state index in [2.05, 4.69) is 5.32 Å². The van der Waals surface area contributed by atoms with Crippen LogP contribution < -0.4 is 14.4 Å². The average Bonchev–Trinajstić information content (AvgIpc) is 2.86. The first-order valence-corrected chi connectivity index (χ1v) is 14.7. The van der Waals surface area contributed by atoms with Crippen molar-refractivity contribution in [2.24, 2.45) is 0 Å². The molecular weight excluding hydrogens is 514 g/mol. The second kappa shape index (κ2) is 14.2. The van der Waals surface area contributed by atoms with E-state index in [4.69, 9.17) is 16.3 Å². The maximum absolute atomic E-state index is 13.5. The maximum atomic E-state index is 13.5. The molecule has 0 radical (unpaired) electrons. The van der Waals surface area contributed by atoms with Gasteiger partial charge in [-0.15, -0.1) is 0 Å². The summed E-state index contributed by atoms with van der Waals surface area (Å²) in [5.74, 6) is 0.0720. The third kappa shape index (κ3) is 8.93. The Kier molecular flexibility index (Phi) is 11.7. The molecule has 0 fully saturated rings. The van der Waals surface area contributed by atoms with Crippen molar-refractivity contribution in [3.63, 3.8) is 0 Å². The number of halogens is 1. The standard InChI is InChI=1S/C27H38ClN3O5S/c1-6-20(3)29-27(33)25(7-2)30(19-21-12-8-9-15-24(21)28)26(32)16-11-17-31(37(5,34)35)22-13-10-14-23(18-22)36-4/h8-10,12-15,18,20,25H,6-7,11,16-17,19H2,1-5H3,(H,29,33)/t20-,25-/m0/s1. The highest BCUT2D eigenvalue weighted by Crippen LogP contribution is 2.24. The lowest BCUT2D eigenvalue weighted by Crippen LogP contribution is -2.50. The SMILES string of the molecule is CC[C@H](C)NC(=O)[C@H](CC)N(Cc1ccccc1Cl)C(=O)CCCN(c1cccc(OC)c1)S(C)(=O)=O. The smallest absolute Gasteiger partial charge is 0.243 e. The highest BCUT2D eigenvalue weighted by molar-refractivity contribution is 7.92. The molecule has 0 bridgehead atoms. The molecule has 0 aliphatic heterocycles. The number of nitrogens with one attached hydrogen (secondary N) is 1. The highest BCUT2D eigenvalue weighted by Gasteiger charge is 2.30. The van der Waals surface area contributed by atoms with Gasteiger partial charge in [0.15, 0.2) is 0 Å². The number of anilines is 1. The molecule has 2 aromatic rings. The van der Waals surface area contributed by atoms with E-state index in [0.717, 1.165) is 18.2 Å². The number of benzene rings is 2. The largest absolute Gasteiger partial charge is 0.497 e. The zero-order valence-corrected chi connectivity index (χ0v) is 23.8. The second-order valence-corrected chi connectivity index (χ2v) is 11.3. The van der Waals surface area contributed by atoms with Gasteiger partial charge in [-0.25, -0.2) is 8.42 Å². The fourth-order valence-corrected chi connectivity index (χ4v) is 5.09. The summed E-state index contributed by atoms with van der Waals surface area (Å²) in [6.07, 6.45) is 2.66. The minimum Gasteiger partial charge on any atom is -0.497 e. The van der Waals surface area contributed by atoms with Crippen LogP contribution in [0, 0.1) is 0 Å². The summed E-state index contributed by atoms with van der Waals surface area (Å²) in [5, 5.41) is 3.49. The van der Waals surface area contributed by atoms with Gasteiger partial charge in [0.2, 0.25) is 21.8 Å². The molecule has 0 saturated carbocycles.